The summed E-state index contributed by atoms with van der Waals surface area (Å²) in [5.74, 6) is 1.73. The number of amides is 1. The van der Waals surface area contributed by atoms with Gasteiger partial charge in [0, 0.05) is 23.0 Å². The number of rotatable bonds is 4. The van der Waals surface area contributed by atoms with Crippen LogP contribution in [0.3, 0.4) is 0 Å². The Morgan fingerprint density at radius 3 is 2.64 bits per heavy atom. The molecule has 0 aliphatic carbocycles. The van der Waals surface area contributed by atoms with Crippen molar-refractivity contribution in [3.8, 4) is 16.9 Å². The van der Waals surface area contributed by atoms with E-state index in [-0.39, 0.29) is 11.2 Å². The van der Waals surface area contributed by atoms with E-state index in [0.717, 1.165) is 29.8 Å². The number of hydrogen-bond donors (Lipinski definition) is 1. The van der Waals surface area contributed by atoms with Gasteiger partial charge in [0.25, 0.3) is 0 Å². The number of hydrogen-bond acceptors (Lipinski definition) is 4. The van der Waals surface area contributed by atoms with Gasteiger partial charge in [-0.1, -0.05) is 36.4 Å². The van der Waals surface area contributed by atoms with Crippen LogP contribution in [0.15, 0.2) is 47.4 Å². The number of carbonyl (C=O) groups is 1. The number of thioether (sulfide) groups is 1. The van der Waals surface area contributed by atoms with Gasteiger partial charge in [-0.15, -0.1) is 11.8 Å². The molecular formula is C23H26N2O2S. The Bertz CT molecular complexity index is 892. The van der Waals surface area contributed by atoms with Crippen LogP contribution >= 0.6 is 11.8 Å². The number of methoxy groups -OCH3 is 1. The first-order valence-corrected chi connectivity index (χ1v) is 11.1. The third-order valence-electron chi connectivity index (χ3n) is 6.44. The summed E-state index contributed by atoms with van der Waals surface area (Å²) in [4.78, 5) is 16.8. The highest BCUT2D eigenvalue weighted by molar-refractivity contribution is 8.01. The first-order chi connectivity index (χ1) is 13.7. The maximum absolute atomic E-state index is 13.1. The zero-order chi connectivity index (χ0) is 19.1. The van der Waals surface area contributed by atoms with E-state index in [1.54, 1.807) is 18.9 Å². The summed E-state index contributed by atoms with van der Waals surface area (Å²) in [6.45, 7) is 3.42. The van der Waals surface area contributed by atoms with E-state index in [1.807, 2.05) is 18.2 Å². The van der Waals surface area contributed by atoms with Crippen molar-refractivity contribution in [2.75, 3.05) is 26.7 Å². The molecule has 3 fully saturated rings. The lowest BCUT2D eigenvalue weighted by atomic mass is 9.84. The Balaban J connectivity index is 1.35. The second kappa shape index (κ2) is 7.45. The minimum Gasteiger partial charge on any atom is -0.496 e. The Morgan fingerprint density at radius 2 is 1.89 bits per heavy atom. The van der Waals surface area contributed by atoms with Crippen molar-refractivity contribution in [3.63, 3.8) is 0 Å². The Morgan fingerprint density at radius 1 is 1.11 bits per heavy atom. The van der Waals surface area contributed by atoms with Crippen LogP contribution in [0.4, 0.5) is 0 Å². The van der Waals surface area contributed by atoms with E-state index < -0.39 is 0 Å². The SMILES string of the molecule is COc1ccccc1-c1cccc2c1SC(C(=O)N[C@H]1CN3CCC1CC3)C2. The smallest absolute Gasteiger partial charge is 0.234 e. The summed E-state index contributed by atoms with van der Waals surface area (Å²) in [7, 11) is 1.71. The molecule has 6 rings (SSSR count). The van der Waals surface area contributed by atoms with Gasteiger partial charge in [-0.2, -0.15) is 0 Å². The van der Waals surface area contributed by atoms with E-state index in [4.69, 9.17) is 4.74 Å². The highest BCUT2D eigenvalue weighted by Crippen LogP contribution is 2.45. The second-order valence-corrected chi connectivity index (χ2v) is 9.27. The fourth-order valence-corrected chi connectivity index (χ4v) is 6.23. The minimum atomic E-state index is -0.0405. The van der Waals surface area contributed by atoms with Gasteiger partial charge in [-0.25, -0.2) is 0 Å². The summed E-state index contributed by atoms with van der Waals surface area (Å²) >= 11 is 1.71. The number of fused-ring (bicyclic) bond motifs is 4. The van der Waals surface area contributed by atoms with E-state index in [2.05, 4.69) is 34.5 Å². The van der Waals surface area contributed by atoms with Gasteiger partial charge in [0.05, 0.1) is 12.4 Å². The number of nitrogens with zero attached hydrogens (tertiary/aromatic N) is 1. The van der Waals surface area contributed by atoms with Crippen LogP contribution in [0.5, 0.6) is 5.75 Å². The molecule has 2 atom stereocenters. The average molecular weight is 395 g/mol. The maximum atomic E-state index is 13.1. The molecule has 0 saturated carbocycles. The zero-order valence-corrected chi connectivity index (χ0v) is 17.0. The molecule has 5 heteroatoms. The minimum absolute atomic E-state index is 0.0405. The monoisotopic (exact) mass is 394 g/mol. The molecule has 2 bridgehead atoms. The van der Waals surface area contributed by atoms with Gasteiger partial charge < -0.3 is 15.0 Å². The first-order valence-electron chi connectivity index (χ1n) is 10.2. The molecule has 0 aromatic heterocycles. The Hall–Kier alpha value is -1.98. The molecule has 28 heavy (non-hydrogen) atoms. The van der Waals surface area contributed by atoms with E-state index in [9.17, 15) is 4.79 Å². The molecule has 4 aliphatic rings. The van der Waals surface area contributed by atoms with E-state index >= 15 is 0 Å². The summed E-state index contributed by atoms with van der Waals surface area (Å²) in [5.41, 5.74) is 3.52. The number of ether oxygens (including phenoxy) is 1. The van der Waals surface area contributed by atoms with Crippen molar-refractivity contribution in [3.05, 3.63) is 48.0 Å². The first kappa shape index (κ1) is 18.1. The average Bonchev–Trinajstić information content (AvgIpc) is 3.19. The van der Waals surface area contributed by atoms with Crippen molar-refractivity contribution < 1.29 is 9.53 Å². The van der Waals surface area contributed by atoms with Crippen molar-refractivity contribution in [2.45, 2.75) is 35.4 Å². The summed E-state index contributed by atoms with van der Waals surface area (Å²) in [6, 6.07) is 14.8. The van der Waals surface area contributed by atoms with Crippen molar-refractivity contribution in [1.82, 2.24) is 10.2 Å². The number of piperidine rings is 3. The predicted octanol–water partition coefficient (Wildman–Crippen LogP) is 3.59. The molecule has 1 unspecified atom stereocenters. The molecule has 0 spiro atoms. The van der Waals surface area contributed by atoms with Crippen LogP contribution in [0.1, 0.15) is 18.4 Å². The van der Waals surface area contributed by atoms with Crippen LogP contribution in [0, 0.1) is 5.92 Å². The Labute approximate surface area is 170 Å². The molecule has 2 aromatic carbocycles. The highest BCUT2D eigenvalue weighted by atomic mass is 32.2. The molecule has 1 N–H and O–H groups in total. The van der Waals surface area contributed by atoms with Crippen LogP contribution in [-0.4, -0.2) is 48.8 Å². The second-order valence-electron chi connectivity index (χ2n) is 8.06. The van der Waals surface area contributed by atoms with Gasteiger partial charge in [0.2, 0.25) is 5.91 Å². The van der Waals surface area contributed by atoms with Crippen molar-refractivity contribution in [1.29, 1.82) is 0 Å². The zero-order valence-electron chi connectivity index (χ0n) is 16.2. The standard InChI is InChI=1S/C23H26N2O2S/c1-27-20-8-3-2-6-17(20)18-7-4-5-16-13-21(28-22(16)18)23(26)24-19-14-25-11-9-15(19)10-12-25/h2-8,15,19,21H,9-14H2,1H3,(H,24,26)/t19-,21?/m0/s1. The van der Waals surface area contributed by atoms with Crippen LogP contribution < -0.4 is 10.1 Å². The number of nitrogens with one attached hydrogen (secondary N) is 1. The van der Waals surface area contributed by atoms with Crippen molar-refractivity contribution in [2.24, 2.45) is 5.92 Å². The topological polar surface area (TPSA) is 41.6 Å². The van der Waals surface area contributed by atoms with Gasteiger partial charge >= 0.3 is 0 Å². The van der Waals surface area contributed by atoms with E-state index in [1.165, 1.54) is 36.4 Å². The van der Waals surface area contributed by atoms with Gasteiger partial charge in [0.15, 0.2) is 0 Å². The lowest BCUT2D eigenvalue weighted by Gasteiger charge is -2.45. The lowest BCUT2D eigenvalue weighted by Crippen LogP contribution is -2.58. The predicted molar refractivity (Wildman–Crippen MR) is 113 cm³/mol. The Kier molecular flexibility index (Phi) is 4.81. The molecule has 1 amide bonds. The quantitative estimate of drug-likeness (QED) is 0.861. The van der Waals surface area contributed by atoms with Gasteiger partial charge in [-0.05, 0) is 55.5 Å². The third kappa shape index (κ3) is 3.20. The van der Waals surface area contributed by atoms with Crippen LogP contribution in [0.25, 0.3) is 11.1 Å². The summed E-state index contributed by atoms with van der Waals surface area (Å²) < 4.78 is 5.57. The molecular weight excluding hydrogens is 368 g/mol. The van der Waals surface area contributed by atoms with Crippen molar-refractivity contribution >= 4 is 17.7 Å². The normalized spacial score (nSPS) is 28.0. The maximum Gasteiger partial charge on any atom is 0.234 e. The summed E-state index contributed by atoms with van der Waals surface area (Å²) in [6.07, 6.45) is 3.25. The molecule has 3 saturated heterocycles. The number of carbonyl (C=O) groups excluding carboxylic acids is 1. The summed E-state index contributed by atoms with van der Waals surface area (Å²) in [5, 5.41) is 3.34. The molecule has 4 aliphatic heterocycles. The lowest BCUT2D eigenvalue weighted by molar-refractivity contribution is -0.122. The molecule has 2 aromatic rings. The molecule has 146 valence electrons. The number of benzene rings is 2. The largest absolute Gasteiger partial charge is 0.496 e. The molecule has 0 radical (unpaired) electrons. The van der Waals surface area contributed by atoms with E-state index in [0.29, 0.717) is 12.0 Å². The van der Waals surface area contributed by atoms with Crippen LogP contribution in [0.2, 0.25) is 0 Å². The molecule has 4 heterocycles. The van der Waals surface area contributed by atoms with Gasteiger partial charge in [-0.3, -0.25) is 4.79 Å². The highest BCUT2D eigenvalue weighted by Gasteiger charge is 2.37. The number of para-hydroxylation sites is 1. The fourth-order valence-electron chi connectivity index (χ4n) is 4.90. The van der Waals surface area contributed by atoms with Gasteiger partial charge in [0.1, 0.15) is 5.75 Å². The van der Waals surface area contributed by atoms with Crippen LogP contribution in [-0.2, 0) is 11.2 Å². The third-order valence-corrected chi connectivity index (χ3v) is 7.82. The fraction of sp³-hybridized carbons (Fsp3) is 0.435. The molecule has 4 nitrogen and oxygen atoms in total.